The number of rotatable bonds is 7. The van der Waals surface area contributed by atoms with E-state index in [1.165, 1.54) is 23.9 Å². The molecule has 0 saturated heterocycles. The molecule has 0 aliphatic heterocycles. The smallest absolute Gasteiger partial charge is 0.399 e. The van der Waals surface area contributed by atoms with E-state index in [9.17, 15) is 13.2 Å². The van der Waals surface area contributed by atoms with Crippen molar-refractivity contribution < 1.29 is 22.8 Å². The third-order valence-electron chi connectivity index (χ3n) is 3.96. The van der Waals surface area contributed by atoms with Gasteiger partial charge in [-0.1, -0.05) is 52.8 Å². The Morgan fingerprint density at radius 1 is 1.03 bits per heavy atom. The third-order valence-corrected chi connectivity index (χ3v) is 3.96. The summed E-state index contributed by atoms with van der Waals surface area (Å²) in [5.74, 6) is 0.352. The van der Waals surface area contributed by atoms with Crippen LogP contribution in [0.1, 0.15) is 22.5 Å². The Morgan fingerprint density at radius 2 is 1.77 bits per heavy atom. The van der Waals surface area contributed by atoms with E-state index < -0.39 is 11.7 Å². The SMILES string of the molecule is CO/N=C(/CO/N=C(/c1ccccc1)c1nnnn1C)c1cccc(C(F)(F)F)c1. The number of benzene rings is 2. The number of aromatic nitrogens is 4. The maximum Gasteiger partial charge on any atom is 0.416 e. The highest BCUT2D eigenvalue weighted by molar-refractivity contribution is 6.10. The van der Waals surface area contributed by atoms with Crippen molar-refractivity contribution in [3.63, 3.8) is 0 Å². The van der Waals surface area contributed by atoms with Crippen LogP contribution in [0.25, 0.3) is 0 Å². The Hall–Kier alpha value is -3.76. The Morgan fingerprint density at radius 3 is 2.40 bits per heavy atom. The molecule has 3 aromatic rings. The molecule has 1 heterocycles. The molecule has 8 nitrogen and oxygen atoms in total. The van der Waals surface area contributed by atoms with Crippen molar-refractivity contribution in [2.45, 2.75) is 6.18 Å². The molecule has 11 heteroatoms. The monoisotopic (exact) mass is 418 g/mol. The average Bonchev–Trinajstić information content (AvgIpc) is 3.16. The molecule has 0 radical (unpaired) electrons. The van der Waals surface area contributed by atoms with Gasteiger partial charge in [0.2, 0.25) is 5.82 Å². The minimum absolute atomic E-state index is 0.135. The van der Waals surface area contributed by atoms with Gasteiger partial charge in [0.15, 0.2) is 12.3 Å². The Labute approximate surface area is 169 Å². The predicted octanol–water partition coefficient (Wildman–Crippen LogP) is 3.05. The van der Waals surface area contributed by atoms with Gasteiger partial charge in [-0.3, -0.25) is 0 Å². The summed E-state index contributed by atoms with van der Waals surface area (Å²) in [6.07, 6.45) is -4.48. The first kappa shape index (κ1) is 21.0. The summed E-state index contributed by atoms with van der Waals surface area (Å²) in [4.78, 5) is 10.2. The lowest BCUT2D eigenvalue weighted by atomic mass is 10.1. The van der Waals surface area contributed by atoms with Gasteiger partial charge in [-0.2, -0.15) is 13.2 Å². The van der Waals surface area contributed by atoms with Gasteiger partial charge in [0.1, 0.15) is 12.8 Å². The van der Waals surface area contributed by atoms with Crippen LogP contribution >= 0.6 is 0 Å². The third kappa shape index (κ3) is 4.99. The van der Waals surface area contributed by atoms with E-state index in [0.29, 0.717) is 17.1 Å². The van der Waals surface area contributed by atoms with Crippen LogP contribution in [0.2, 0.25) is 0 Å². The maximum atomic E-state index is 13.0. The Balaban J connectivity index is 1.87. The zero-order chi connectivity index (χ0) is 21.6. The highest BCUT2D eigenvalue weighted by Gasteiger charge is 2.30. The van der Waals surface area contributed by atoms with Crippen molar-refractivity contribution in [1.82, 2.24) is 20.2 Å². The van der Waals surface area contributed by atoms with Crippen LogP contribution in [-0.2, 0) is 22.9 Å². The second kappa shape index (κ2) is 9.16. The molecule has 0 unspecified atom stereocenters. The van der Waals surface area contributed by atoms with Gasteiger partial charge in [-0.25, -0.2) is 4.68 Å². The lowest BCUT2D eigenvalue weighted by Gasteiger charge is -2.10. The van der Waals surface area contributed by atoms with Crippen molar-refractivity contribution >= 4 is 11.4 Å². The maximum absolute atomic E-state index is 13.0. The van der Waals surface area contributed by atoms with E-state index in [-0.39, 0.29) is 17.9 Å². The summed E-state index contributed by atoms with van der Waals surface area (Å²) >= 11 is 0. The van der Waals surface area contributed by atoms with Gasteiger partial charge < -0.3 is 9.68 Å². The number of nitrogens with zero attached hydrogens (tertiary/aromatic N) is 6. The standard InChI is InChI=1S/C19H17F3N6O2/c1-28-18(23-26-27-28)17(13-7-4-3-5-8-13)25-30-12-16(24-29-2)14-9-6-10-15(11-14)19(20,21)22/h3-11H,12H2,1-2H3/b24-16-,25-17-. The number of tetrazole rings is 1. The second-order valence-electron chi connectivity index (χ2n) is 6.00. The number of alkyl halides is 3. The average molecular weight is 418 g/mol. The number of hydrogen-bond donors (Lipinski definition) is 0. The minimum atomic E-state index is -4.48. The first-order valence-electron chi connectivity index (χ1n) is 8.66. The molecule has 0 N–H and O–H groups in total. The fourth-order valence-corrected chi connectivity index (χ4v) is 2.55. The van der Waals surface area contributed by atoms with E-state index in [0.717, 1.165) is 12.1 Å². The molecular formula is C19H17F3N6O2. The topological polar surface area (TPSA) is 86.8 Å². The largest absolute Gasteiger partial charge is 0.416 e. The van der Waals surface area contributed by atoms with E-state index in [1.807, 2.05) is 18.2 Å². The number of aryl methyl sites for hydroxylation is 1. The van der Waals surface area contributed by atoms with Gasteiger partial charge in [0.05, 0.1) is 5.56 Å². The lowest BCUT2D eigenvalue weighted by Crippen LogP contribution is -2.15. The molecule has 1 aromatic heterocycles. The molecule has 2 aromatic carbocycles. The molecule has 156 valence electrons. The van der Waals surface area contributed by atoms with E-state index in [1.54, 1.807) is 19.2 Å². The zero-order valence-electron chi connectivity index (χ0n) is 16.0. The van der Waals surface area contributed by atoms with Crippen molar-refractivity contribution in [3.05, 3.63) is 77.1 Å². The summed E-state index contributed by atoms with van der Waals surface area (Å²) in [5.41, 5.74) is 0.574. The number of halogens is 3. The van der Waals surface area contributed by atoms with Crippen LogP contribution in [-0.4, -0.2) is 45.3 Å². The normalized spacial score (nSPS) is 12.7. The van der Waals surface area contributed by atoms with Crippen LogP contribution in [0.15, 0.2) is 64.9 Å². The van der Waals surface area contributed by atoms with Crippen LogP contribution < -0.4 is 0 Å². The molecule has 3 rings (SSSR count). The van der Waals surface area contributed by atoms with Gasteiger partial charge in [0.25, 0.3) is 0 Å². The molecule has 0 fully saturated rings. The summed E-state index contributed by atoms with van der Waals surface area (Å²) in [7, 11) is 2.94. The first-order valence-corrected chi connectivity index (χ1v) is 8.66. The van der Waals surface area contributed by atoms with Crippen molar-refractivity contribution in [1.29, 1.82) is 0 Å². The molecule has 0 bridgehead atoms. The van der Waals surface area contributed by atoms with Crippen LogP contribution in [0, 0.1) is 0 Å². The molecule has 0 amide bonds. The minimum Gasteiger partial charge on any atom is -0.399 e. The summed E-state index contributed by atoms with van der Waals surface area (Å²) in [5, 5.41) is 19.2. The molecule has 0 saturated carbocycles. The van der Waals surface area contributed by atoms with Gasteiger partial charge >= 0.3 is 6.18 Å². The summed E-state index contributed by atoms with van der Waals surface area (Å²) in [6.45, 7) is -0.239. The molecule has 0 aliphatic rings. The van der Waals surface area contributed by atoms with Crippen LogP contribution in [0.3, 0.4) is 0 Å². The predicted molar refractivity (Wildman–Crippen MR) is 102 cm³/mol. The van der Waals surface area contributed by atoms with Crippen molar-refractivity contribution in [2.75, 3.05) is 13.7 Å². The number of hydrogen-bond acceptors (Lipinski definition) is 7. The second-order valence-corrected chi connectivity index (χ2v) is 6.00. The van der Waals surface area contributed by atoms with Crippen molar-refractivity contribution in [3.8, 4) is 0 Å². The van der Waals surface area contributed by atoms with Gasteiger partial charge in [-0.15, -0.1) is 5.10 Å². The van der Waals surface area contributed by atoms with E-state index in [4.69, 9.17) is 9.68 Å². The first-order chi connectivity index (χ1) is 14.4. The quantitative estimate of drug-likeness (QED) is 0.435. The molecule has 0 aliphatic carbocycles. The molecular weight excluding hydrogens is 401 g/mol. The number of oxime groups is 2. The molecule has 0 atom stereocenters. The highest BCUT2D eigenvalue weighted by Crippen LogP contribution is 2.29. The summed E-state index contributed by atoms with van der Waals surface area (Å²) in [6, 6.07) is 13.8. The fourth-order valence-electron chi connectivity index (χ4n) is 2.55. The van der Waals surface area contributed by atoms with Crippen LogP contribution in [0.5, 0.6) is 0 Å². The molecule has 0 spiro atoms. The Kier molecular flexibility index (Phi) is 6.40. The van der Waals surface area contributed by atoms with Gasteiger partial charge in [-0.05, 0) is 22.6 Å². The Bertz CT molecular complexity index is 1050. The zero-order valence-corrected chi connectivity index (χ0v) is 16.0. The summed E-state index contributed by atoms with van der Waals surface area (Å²) < 4.78 is 40.5. The van der Waals surface area contributed by atoms with Gasteiger partial charge in [0, 0.05) is 18.2 Å². The van der Waals surface area contributed by atoms with Crippen LogP contribution in [0.4, 0.5) is 13.2 Å². The molecule has 30 heavy (non-hydrogen) atoms. The van der Waals surface area contributed by atoms with E-state index in [2.05, 4.69) is 25.8 Å². The highest BCUT2D eigenvalue weighted by atomic mass is 19.4. The van der Waals surface area contributed by atoms with E-state index >= 15 is 0 Å². The van der Waals surface area contributed by atoms with Crippen molar-refractivity contribution in [2.24, 2.45) is 17.4 Å². The lowest BCUT2D eigenvalue weighted by molar-refractivity contribution is -0.137. The fraction of sp³-hybridized carbons (Fsp3) is 0.211.